The quantitative estimate of drug-likeness (QED) is 0.515. The van der Waals surface area contributed by atoms with Crippen molar-refractivity contribution in [1.82, 2.24) is 4.83 Å². The molecular weight excluding hydrogens is 248 g/mol. The Kier molecular flexibility index (Phi) is 4.15. The molecule has 1 aliphatic carbocycles. The maximum absolute atomic E-state index is 11.8. The van der Waals surface area contributed by atoms with Crippen LogP contribution in [-0.2, 0) is 10.0 Å². The van der Waals surface area contributed by atoms with Gasteiger partial charge in [0.05, 0.1) is 4.90 Å². The molecule has 1 atom stereocenters. The van der Waals surface area contributed by atoms with Crippen molar-refractivity contribution in [2.24, 2.45) is 11.0 Å². The Hall–Kier alpha value is -1.62. The van der Waals surface area contributed by atoms with Crippen LogP contribution in [-0.4, -0.2) is 14.6 Å². The highest BCUT2D eigenvalue weighted by atomic mass is 32.2. The van der Waals surface area contributed by atoms with Gasteiger partial charge in [-0.25, -0.2) is 4.83 Å². The average Bonchev–Trinajstić information content (AvgIpc) is 2.41. The summed E-state index contributed by atoms with van der Waals surface area (Å²) in [5.74, 6) is 0.327. The fraction of sp³-hybridized carbons (Fsp3) is 0.308. The van der Waals surface area contributed by atoms with Gasteiger partial charge in [-0.05, 0) is 37.3 Å². The minimum atomic E-state index is -3.53. The van der Waals surface area contributed by atoms with Crippen LogP contribution in [0.4, 0.5) is 0 Å². The van der Waals surface area contributed by atoms with E-state index in [0.29, 0.717) is 5.92 Å². The standard InChI is InChI=1S/C13H16N2O2S/c16-18(17,13-9-5-2-6-10-13)15-14-11-12-7-3-1-4-8-12/h1-3,5-6,9-12,15H,4,7-8H2/b14-11+. The minimum absolute atomic E-state index is 0.227. The monoisotopic (exact) mass is 264 g/mol. The number of allylic oxidation sites excluding steroid dienone is 2. The van der Waals surface area contributed by atoms with Crippen molar-refractivity contribution in [2.75, 3.05) is 0 Å². The molecule has 0 fully saturated rings. The molecule has 0 saturated carbocycles. The number of sulfonamides is 1. The number of hydrogen-bond acceptors (Lipinski definition) is 3. The molecular formula is C13H16N2O2S. The molecule has 0 radical (unpaired) electrons. The van der Waals surface area contributed by atoms with E-state index >= 15 is 0 Å². The highest BCUT2D eigenvalue weighted by Crippen LogP contribution is 2.15. The van der Waals surface area contributed by atoms with Gasteiger partial charge in [0.2, 0.25) is 0 Å². The summed E-state index contributed by atoms with van der Waals surface area (Å²) in [4.78, 5) is 2.47. The van der Waals surface area contributed by atoms with E-state index in [1.54, 1.807) is 36.5 Å². The van der Waals surface area contributed by atoms with Gasteiger partial charge < -0.3 is 0 Å². The number of nitrogens with zero attached hydrogens (tertiary/aromatic N) is 1. The SMILES string of the molecule is O=S(=O)(N/N=C/C1CC=CCC1)c1ccccc1. The normalized spacial score (nSPS) is 20.1. The second-order valence-corrected chi connectivity index (χ2v) is 5.89. The van der Waals surface area contributed by atoms with E-state index in [1.807, 2.05) is 0 Å². The largest absolute Gasteiger partial charge is 0.276 e. The molecule has 1 unspecified atom stereocenters. The van der Waals surface area contributed by atoms with Crippen LogP contribution in [0.5, 0.6) is 0 Å². The highest BCUT2D eigenvalue weighted by Gasteiger charge is 2.12. The fourth-order valence-electron chi connectivity index (χ4n) is 1.81. The Morgan fingerprint density at radius 3 is 2.67 bits per heavy atom. The zero-order valence-corrected chi connectivity index (χ0v) is 10.8. The molecule has 0 bridgehead atoms. The molecule has 4 nitrogen and oxygen atoms in total. The Morgan fingerprint density at radius 1 is 1.22 bits per heavy atom. The molecule has 96 valence electrons. The van der Waals surface area contributed by atoms with E-state index in [-0.39, 0.29) is 4.90 Å². The van der Waals surface area contributed by atoms with Crippen molar-refractivity contribution in [3.63, 3.8) is 0 Å². The maximum atomic E-state index is 11.8. The fourth-order valence-corrected chi connectivity index (χ4v) is 2.63. The van der Waals surface area contributed by atoms with Gasteiger partial charge in [-0.15, -0.1) is 0 Å². The second-order valence-electron chi connectivity index (χ2n) is 4.23. The first-order chi connectivity index (χ1) is 8.68. The van der Waals surface area contributed by atoms with Crippen LogP contribution in [0, 0.1) is 5.92 Å². The lowest BCUT2D eigenvalue weighted by atomic mass is 9.96. The lowest BCUT2D eigenvalue weighted by Gasteiger charge is -2.12. The van der Waals surface area contributed by atoms with Crippen LogP contribution in [0.1, 0.15) is 19.3 Å². The van der Waals surface area contributed by atoms with Gasteiger partial charge in [-0.2, -0.15) is 13.5 Å². The summed E-state index contributed by atoms with van der Waals surface area (Å²) in [6.07, 6.45) is 8.90. The van der Waals surface area contributed by atoms with Crippen LogP contribution in [0.3, 0.4) is 0 Å². The Morgan fingerprint density at radius 2 is 2.00 bits per heavy atom. The smallest absolute Gasteiger partial charge is 0.200 e. The van der Waals surface area contributed by atoms with Gasteiger partial charge in [0.25, 0.3) is 10.0 Å². The number of benzene rings is 1. The van der Waals surface area contributed by atoms with E-state index in [9.17, 15) is 8.42 Å². The highest BCUT2D eigenvalue weighted by molar-refractivity contribution is 7.89. The summed E-state index contributed by atoms with van der Waals surface area (Å²) in [6.45, 7) is 0. The number of nitrogens with one attached hydrogen (secondary N) is 1. The van der Waals surface area contributed by atoms with Crippen LogP contribution >= 0.6 is 0 Å². The predicted molar refractivity (Wildman–Crippen MR) is 71.7 cm³/mol. The van der Waals surface area contributed by atoms with Crippen molar-refractivity contribution < 1.29 is 8.42 Å². The molecule has 0 saturated heterocycles. The van der Waals surface area contributed by atoms with Crippen molar-refractivity contribution in [3.05, 3.63) is 42.5 Å². The molecule has 1 N–H and O–H groups in total. The Balaban J connectivity index is 1.97. The summed E-state index contributed by atoms with van der Waals surface area (Å²) >= 11 is 0. The number of rotatable bonds is 4. The van der Waals surface area contributed by atoms with Crippen molar-refractivity contribution in [3.8, 4) is 0 Å². The maximum Gasteiger partial charge on any atom is 0.276 e. The van der Waals surface area contributed by atoms with Crippen LogP contribution in [0.2, 0.25) is 0 Å². The summed E-state index contributed by atoms with van der Waals surface area (Å²) in [6, 6.07) is 8.23. The Bertz CT molecular complexity index is 535. The summed E-state index contributed by atoms with van der Waals surface area (Å²) in [5, 5.41) is 3.85. The van der Waals surface area contributed by atoms with E-state index in [1.165, 1.54) is 0 Å². The van der Waals surface area contributed by atoms with Gasteiger partial charge in [0, 0.05) is 6.21 Å². The van der Waals surface area contributed by atoms with Crippen LogP contribution < -0.4 is 4.83 Å². The lowest BCUT2D eigenvalue weighted by Crippen LogP contribution is -2.19. The van der Waals surface area contributed by atoms with Crippen molar-refractivity contribution >= 4 is 16.2 Å². The second kappa shape index (κ2) is 5.82. The Labute approximate surface area is 107 Å². The van der Waals surface area contributed by atoms with Crippen LogP contribution in [0.15, 0.2) is 52.5 Å². The predicted octanol–water partition coefficient (Wildman–Crippen LogP) is 2.31. The van der Waals surface area contributed by atoms with E-state index in [0.717, 1.165) is 19.3 Å². The molecule has 5 heteroatoms. The summed E-state index contributed by atoms with van der Waals surface area (Å²) in [5.41, 5.74) is 0. The first-order valence-electron chi connectivity index (χ1n) is 5.93. The van der Waals surface area contributed by atoms with E-state index in [4.69, 9.17) is 0 Å². The average molecular weight is 264 g/mol. The van der Waals surface area contributed by atoms with Gasteiger partial charge in [-0.3, -0.25) is 0 Å². The molecule has 0 aromatic heterocycles. The van der Waals surface area contributed by atoms with Crippen LogP contribution in [0.25, 0.3) is 0 Å². The third-order valence-corrected chi connectivity index (χ3v) is 4.06. The van der Waals surface area contributed by atoms with Gasteiger partial charge in [-0.1, -0.05) is 30.4 Å². The molecule has 18 heavy (non-hydrogen) atoms. The third-order valence-electron chi connectivity index (χ3n) is 2.82. The summed E-state index contributed by atoms with van der Waals surface area (Å²) < 4.78 is 23.7. The third kappa shape index (κ3) is 3.43. The van der Waals surface area contributed by atoms with Crippen molar-refractivity contribution in [1.29, 1.82) is 0 Å². The molecule has 2 rings (SSSR count). The molecule has 1 aromatic carbocycles. The van der Waals surface area contributed by atoms with Gasteiger partial charge in [0.15, 0.2) is 0 Å². The molecule has 1 aromatic rings. The van der Waals surface area contributed by atoms with Crippen molar-refractivity contribution in [2.45, 2.75) is 24.2 Å². The first-order valence-corrected chi connectivity index (χ1v) is 7.42. The molecule has 0 heterocycles. The van der Waals surface area contributed by atoms with E-state index < -0.39 is 10.0 Å². The molecule has 1 aliphatic rings. The molecule has 0 amide bonds. The zero-order valence-electron chi connectivity index (χ0n) is 9.99. The molecule has 0 aliphatic heterocycles. The lowest BCUT2D eigenvalue weighted by molar-refractivity contribution is 0.582. The zero-order chi connectivity index (χ0) is 12.8. The molecule has 0 spiro atoms. The van der Waals surface area contributed by atoms with E-state index in [2.05, 4.69) is 22.1 Å². The van der Waals surface area contributed by atoms with Gasteiger partial charge in [0.1, 0.15) is 0 Å². The van der Waals surface area contributed by atoms with Gasteiger partial charge >= 0.3 is 0 Å². The number of hydrazone groups is 1. The topological polar surface area (TPSA) is 58.5 Å². The number of hydrogen-bond donors (Lipinski definition) is 1. The summed E-state index contributed by atoms with van der Waals surface area (Å²) in [7, 11) is -3.53. The first kappa shape index (κ1) is 12.8. The minimum Gasteiger partial charge on any atom is -0.200 e.